The Morgan fingerprint density at radius 2 is 1.68 bits per heavy atom. The van der Waals surface area contributed by atoms with Crippen LogP contribution in [0.4, 0.5) is 0 Å². The molecule has 0 saturated carbocycles. The summed E-state index contributed by atoms with van der Waals surface area (Å²) in [6.07, 6.45) is 2.15. The van der Waals surface area contributed by atoms with Crippen molar-refractivity contribution in [2.24, 2.45) is 5.92 Å². The molecule has 0 aliphatic heterocycles. The van der Waals surface area contributed by atoms with Crippen LogP contribution < -0.4 is 4.74 Å². The first-order valence-electron chi connectivity index (χ1n) is 7.89. The Labute approximate surface area is 133 Å². The molecule has 0 heterocycles. The maximum Gasteiger partial charge on any atom is 0.338 e. The van der Waals surface area contributed by atoms with E-state index in [1.54, 1.807) is 19.2 Å². The standard InChI is InChI=1S/C18H28O4/c1-6-15(7-2)18(3,4)22-16-10-8-14(9-11-16)17(19)21-13-12-20-5/h8-11,15H,6-7,12-13H2,1-5H3. The van der Waals surface area contributed by atoms with Gasteiger partial charge in [0, 0.05) is 7.11 Å². The molecule has 4 heteroatoms. The lowest BCUT2D eigenvalue weighted by atomic mass is 9.86. The van der Waals surface area contributed by atoms with Gasteiger partial charge in [0.2, 0.25) is 0 Å². The van der Waals surface area contributed by atoms with Gasteiger partial charge in [0.1, 0.15) is 18.0 Å². The molecule has 0 saturated heterocycles. The van der Waals surface area contributed by atoms with E-state index in [2.05, 4.69) is 27.7 Å². The molecule has 0 radical (unpaired) electrons. The summed E-state index contributed by atoms with van der Waals surface area (Å²) in [6.45, 7) is 9.23. The Kier molecular flexibility index (Phi) is 7.39. The quantitative estimate of drug-likeness (QED) is 0.509. The fourth-order valence-corrected chi connectivity index (χ4v) is 2.62. The number of hydrogen-bond acceptors (Lipinski definition) is 4. The Morgan fingerprint density at radius 1 is 1.09 bits per heavy atom. The average Bonchev–Trinajstić information content (AvgIpc) is 2.48. The summed E-state index contributed by atoms with van der Waals surface area (Å²) in [5.74, 6) is 0.916. The highest BCUT2D eigenvalue weighted by molar-refractivity contribution is 5.89. The van der Waals surface area contributed by atoms with E-state index < -0.39 is 0 Å². The van der Waals surface area contributed by atoms with Crippen molar-refractivity contribution in [3.05, 3.63) is 29.8 Å². The fourth-order valence-electron chi connectivity index (χ4n) is 2.62. The van der Waals surface area contributed by atoms with Crippen LogP contribution in [0.3, 0.4) is 0 Å². The fraction of sp³-hybridized carbons (Fsp3) is 0.611. The molecule has 0 amide bonds. The van der Waals surface area contributed by atoms with Crippen LogP contribution >= 0.6 is 0 Å². The topological polar surface area (TPSA) is 44.8 Å². The first-order valence-corrected chi connectivity index (χ1v) is 7.89. The van der Waals surface area contributed by atoms with Crippen molar-refractivity contribution in [1.82, 2.24) is 0 Å². The van der Waals surface area contributed by atoms with Gasteiger partial charge in [-0.1, -0.05) is 13.8 Å². The average molecular weight is 308 g/mol. The van der Waals surface area contributed by atoms with Crippen LogP contribution in [0.25, 0.3) is 0 Å². The second-order valence-electron chi connectivity index (χ2n) is 5.87. The van der Waals surface area contributed by atoms with Gasteiger partial charge >= 0.3 is 5.97 Å². The Balaban J connectivity index is 2.66. The predicted octanol–water partition coefficient (Wildman–Crippen LogP) is 4.08. The molecule has 124 valence electrons. The van der Waals surface area contributed by atoms with Gasteiger partial charge in [-0.05, 0) is 56.9 Å². The van der Waals surface area contributed by atoms with Crippen molar-refractivity contribution >= 4 is 5.97 Å². The third-order valence-corrected chi connectivity index (χ3v) is 3.96. The number of hydrogen-bond donors (Lipinski definition) is 0. The van der Waals surface area contributed by atoms with E-state index in [-0.39, 0.29) is 18.2 Å². The molecule has 4 nitrogen and oxygen atoms in total. The molecule has 1 aromatic rings. The number of rotatable bonds is 9. The summed E-state index contributed by atoms with van der Waals surface area (Å²) in [5, 5.41) is 0. The van der Waals surface area contributed by atoms with E-state index in [1.165, 1.54) is 0 Å². The van der Waals surface area contributed by atoms with Gasteiger partial charge in [0.15, 0.2) is 0 Å². The van der Waals surface area contributed by atoms with Gasteiger partial charge in [-0.25, -0.2) is 4.79 Å². The highest BCUT2D eigenvalue weighted by atomic mass is 16.6. The number of benzene rings is 1. The van der Waals surface area contributed by atoms with Crippen molar-refractivity contribution in [3.8, 4) is 5.75 Å². The van der Waals surface area contributed by atoms with Gasteiger partial charge in [-0.2, -0.15) is 0 Å². The Morgan fingerprint density at radius 3 is 2.18 bits per heavy atom. The zero-order valence-corrected chi connectivity index (χ0v) is 14.3. The minimum atomic E-state index is -0.345. The van der Waals surface area contributed by atoms with E-state index in [1.807, 2.05) is 12.1 Å². The molecule has 0 N–H and O–H groups in total. The van der Waals surface area contributed by atoms with E-state index in [9.17, 15) is 4.79 Å². The third kappa shape index (κ3) is 5.34. The molecule has 0 aliphatic carbocycles. The molecule has 22 heavy (non-hydrogen) atoms. The summed E-state index contributed by atoms with van der Waals surface area (Å²) in [6, 6.07) is 7.09. The van der Waals surface area contributed by atoms with E-state index in [0.29, 0.717) is 18.1 Å². The van der Waals surface area contributed by atoms with Crippen molar-refractivity contribution < 1.29 is 19.0 Å². The molecular weight excluding hydrogens is 280 g/mol. The maximum absolute atomic E-state index is 11.8. The number of carbonyl (C=O) groups is 1. The molecule has 0 fully saturated rings. The van der Waals surface area contributed by atoms with Gasteiger partial charge in [-0.3, -0.25) is 0 Å². The molecule has 0 atom stereocenters. The smallest absolute Gasteiger partial charge is 0.338 e. The van der Waals surface area contributed by atoms with Crippen LogP contribution in [-0.4, -0.2) is 31.9 Å². The van der Waals surface area contributed by atoms with E-state index in [0.717, 1.165) is 18.6 Å². The van der Waals surface area contributed by atoms with Crippen molar-refractivity contribution in [1.29, 1.82) is 0 Å². The monoisotopic (exact) mass is 308 g/mol. The molecule has 1 aromatic carbocycles. The molecule has 1 rings (SSSR count). The van der Waals surface area contributed by atoms with Gasteiger partial charge in [-0.15, -0.1) is 0 Å². The zero-order valence-electron chi connectivity index (χ0n) is 14.3. The van der Waals surface area contributed by atoms with Crippen LogP contribution in [0.2, 0.25) is 0 Å². The number of methoxy groups -OCH3 is 1. The number of esters is 1. The molecule has 0 bridgehead atoms. The maximum atomic E-state index is 11.8. The lowest BCUT2D eigenvalue weighted by Crippen LogP contribution is -2.37. The van der Waals surface area contributed by atoms with Crippen LogP contribution in [0.1, 0.15) is 50.9 Å². The van der Waals surface area contributed by atoms with E-state index in [4.69, 9.17) is 14.2 Å². The van der Waals surface area contributed by atoms with Crippen molar-refractivity contribution in [3.63, 3.8) is 0 Å². The lowest BCUT2D eigenvalue weighted by Gasteiger charge is -2.34. The van der Waals surface area contributed by atoms with Crippen molar-refractivity contribution in [2.75, 3.05) is 20.3 Å². The summed E-state index contributed by atoms with van der Waals surface area (Å²) in [4.78, 5) is 11.8. The predicted molar refractivity (Wildman–Crippen MR) is 87.4 cm³/mol. The van der Waals surface area contributed by atoms with Crippen LogP contribution in [0.15, 0.2) is 24.3 Å². The zero-order chi connectivity index (χ0) is 16.6. The lowest BCUT2D eigenvalue weighted by molar-refractivity contribution is 0.0382. The third-order valence-electron chi connectivity index (χ3n) is 3.96. The molecule has 0 spiro atoms. The summed E-state index contributed by atoms with van der Waals surface area (Å²) >= 11 is 0. The SMILES string of the molecule is CCC(CC)C(C)(C)Oc1ccc(C(=O)OCCOC)cc1. The summed E-state index contributed by atoms with van der Waals surface area (Å²) in [7, 11) is 1.57. The molecule has 0 aliphatic rings. The minimum Gasteiger partial charge on any atom is -0.488 e. The molecular formula is C18H28O4. The van der Waals surface area contributed by atoms with Crippen LogP contribution in [0.5, 0.6) is 5.75 Å². The Hall–Kier alpha value is -1.55. The summed E-state index contributed by atoms with van der Waals surface area (Å²) in [5.41, 5.74) is 0.285. The van der Waals surface area contributed by atoms with E-state index >= 15 is 0 Å². The van der Waals surface area contributed by atoms with Gasteiger partial charge in [0.05, 0.1) is 12.2 Å². The second kappa shape index (κ2) is 8.79. The molecule has 0 unspecified atom stereocenters. The Bertz CT molecular complexity index is 447. The van der Waals surface area contributed by atoms with Crippen LogP contribution in [-0.2, 0) is 9.47 Å². The van der Waals surface area contributed by atoms with Crippen molar-refractivity contribution in [2.45, 2.75) is 46.1 Å². The normalized spacial score (nSPS) is 11.5. The van der Waals surface area contributed by atoms with Gasteiger partial charge < -0.3 is 14.2 Å². The highest BCUT2D eigenvalue weighted by Crippen LogP contribution is 2.29. The van der Waals surface area contributed by atoms with Crippen LogP contribution in [0, 0.1) is 5.92 Å². The summed E-state index contributed by atoms with van der Waals surface area (Å²) < 4.78 is 16.0. The first kappa shape index (κ1) is 18.5. The largest absolute Gasteiger partial charge is 0.488 e. The first-order chi connectivity index (χ1) is 10.4. The minimum absolute atomic E-state index is 0.232. The molecule has 0 aromatic heterocycles. The van der Waals surface area contributed by atoms with Gasteiger partial charge in [0.25, 0.3) is 0 Å². The highest BCUT2D eigenvalue weighted by Gasteiger charge is 2.28. The second-order valence-corrected chi connectivity index (χ2v) is 5.87. The number of ether oxygens (including phenoxy) is 3. The number of carbonyl (C=O) groups excluding carboxylic acids is 1.